The summed E-state index contributed by atoms with van der Waals surface area (Å²) in [5, 5.41) is 1.84. The molecule has 0 saturated heterocycles. The number of ether oxygens (including phenoxy) is 4. The summed E-state index contributed by atoms with van der Waals surface area (Å²) in [4.78, 5) is 14.8. The third-order valence-corrected chi connectivity index (χ3v) is 5.35. The van der Waals surface area contributed by atoms with Crippen LogP contribution in [0.4, 0.5) is 5.69 Å². The fraction of sp³-hybridized carbons (Fsp3) is 0.190. The van der Waals surface area contributed by atoms with Crippen LogP contribution in [0.5, 0.6) is 23.0 Å². The minimum Gasteiger partial charge on any atom is -0.493 e. The van der Waals surface area contributed by atoms with Gasteiger partial charge in [0.05, 0.1) is 19.9 Å². The number of methoxy groups -OCH3 is 2. The van der Waals surface area contributed by atoms with E-state index in [1.54, 1.807) is 44.4 Å². The van der Waals surface area contributed by atoms with Gasteiger partial charge in [0.25, 0.3) is 5.91 Å². The first kappa shape index (κ1) is 18.4. The summed E-state index contributed by atoms with van der Waals surface area (Å²) in [7, 11) is 4.84. The van der Waals surface area contributed by atoms with E-state index in [4.69, 9.17) is 18.9 Å². The number of hydrogen-bond acceptors (Lipinski definition) is 5. The molecule has 0 atom stereocenters. The van der Waals surface area contributed by atoms with Crippen molar-refractivity contribution in [3.63, 3.8) is 0 Å². The Bertz CT molecular complexity index is 1080. The van der Waals surface area contributed by atoms with Gasteiger partial charge in [0, 0.05) is 22.5 Å². The summed E-state index contributed by atoms with van der Waals surface area (Å²) in [5.74, 6) is 2.27. The van der Waals surface area contributed by atoms with Gasteiger partial charge in [-0.25, -0.2) is 0 Å². The van der Waals surface area contributed by atoms with E-state index in [0.29, 0.717) is 28.6 Å². The third kappa shape index (κ3) is 3.01. The quantitative estimate of drug-likeness (QED) is 0.588. The highest BCUT2D eigenvalue weighted by Gasteiger charge is 2.22. The maximum Gasteiger partial charge on any atom is 0.258 e. The molecule has 0 radical (unpaired) electrons. The molecule has 7 heteroatoms. The summed E-state index contributed by atoms with van der Waals surface area (Å²) < 4.78 is 22.3. The average molecular weight is 444 g/mol. The maximum atomic E-state index is 13.2. The van der Waals surface area contributed by atoms with E-state index in [1.165, 1.54) is 0 Å². The van der Waals surface area contributed by atoms with E-state index in [0.717, 1.165) is 20.9 Å². The third-order valence-electron chi connectivity index (χ3n) is 4.71. The summed E-state index contributed by atoms with van der Waals surface area (Å²) in [5.41, 5.74) is 1.24. The lowest BCUT2D eigenvalue weighted by Gasteiger charge is -2.22. The van der Waals surface area contributed by atoms with Crippen LogP contribution in [-0.4, -0.2) is 34.0 Å². The Morgan fingerprint density at radius 2 is 1.71 bits per heavy atom. The molecular formula is C21H18BrNO5. The van der Waals surface area contributed by atoms with Gasteiger partial charge in [-0.3, -0.25) is 4.79 Å². The van der Waals surface area contributed by atoms with Crippen molar-refractivity contribution in [2.75, 3.05) is 33.0 Å². The molecule has 0 aromatic heterocycles. The van der Waals surface area contributed by atoms with Crippen LogP contribution in [0.1, 0.15) is 10.4 Å². The smallest absolute Gasteiger partial charge is 0.258 e. The van der Waals surface area contributed by atoms with Crippen LogP contribution in [-0.2, 0) is 0 Å². The number of carbonyl (C=O) groups is 1. The van der Waals surface area contributed by atoms with E-state index < -0.39 is 0 Å². The number of benzene rings is 3. The van der Waals surface area contributed by atoms with Crippen molar-refractivity contribution < 1.29 is 23.7 Å². The second kappa shape index (κ2) is 7.24. The predicted molar refractivity (Wildman–Crippen MR) is 110 cm³/mol. The van der Waals surface area contributed by atoms with Crippen molar-refractivity contribution in [3.8, 4) is 23.0 Å². The predicted octanol–water partition coefficient (Wildman–Crippen LogP) is 4.62. The molecule has 1 heterocycles. The first-order valence-corrected chi connectivity index (χ1v) is 9.34. The van der Waals surface area contributed by atoms with E-state index >= 15 is 0 Å². The lowest BCUT2D eigenvalue weighted by atomic mass is 10.1. The van der Waals surface area contributed by atoms with Gasteiger partial charge in [-0.05, 0) is 57.7 Å². The molecule has 1 aliphatic rings. The lowest BCUT2D eigenvalue weighted by molar-refractivity contribution is 0.0992. The fourth-order valence-corrected chi connectivity index (χ4v) is 3.89. The van der Waals surface area contributed by atoms with Gasteiger partial charge in [-0.2, -0.15) is 0 Å². The zero-order valence-electron chi connectivity index (χ0n) is 15.6. The maximum absolute atomic E-state index is 13.2. The fourth-order valence-electron chi connectivity index (χ4n) is 3.28. The second-order valence-electron chi connectivity index (χ2n) is 6.26. The molecular weight excluding hydrogens is 426 g/mol. The van der Waals surface area contributed by atoms with Crippen LogP contribution in [0.25, 0.3) is 10.8 Å². The molecule has 1 aliphatic heterocycles. The van der Waals surface area contributed by atoms with Crippen LogP contribution in [0.3, 0.4) is 0 Å². The number of amides is 1. The summed E-state index contributed by atoms with van der Waals surface area (Å²) in [6, 6.07) is 12.8. The van der Waals surface area contributed by atoms with Gasteiger partial charge >= 0.3 is 0 Å². The molecule has 6 nitrogen and oxygen atoms in total. The average Bonchev–Trinajstić information content (AvgIpc) is 3.18. The van der Waals surface area contributed by atoms with Gasteiger partial charge in [0.1, 0.15) is 0 Å². The number of hydrogen-bond donors (Lipinski definition) is 0. The first-order chi connectivity index (χ1) is 13.5. The van der Waals surface area contributed by atoms with Crippen LogP contribution in [0.15, 0.2) is 46.9 Å². The zero-order chi connectivity index (χ0) is 19.8. The van der Waals surface area contributed by atoms with Gasteiger partial charge in [0.15, 0.2) is 23.0 Å². The van der Waals surface area contributed by atoms with Crippen LogP contribution in [0.2, 0.25) is 0 Å². The number of halogens is 1. The monoisotopic (exact) mass is 443 g/mol. The molecule has 0 saturated carbocycles. The van der Waals surface area contributed by atoms with Crippen molar-refractivity contribution in [2.45, 2.75) is 0 Å². The highest BCUT2D eigenvalue weighted by Crippen LogP contribution is 2.42. The molecule has 4 rings (SSSR count). The SMILES string of the molecule is COc1ccc(C(=O)N(C)c2c(Br)ccc3cc4c(cc23)OCO4)cc1OC. The molecule has 0 unspecified atom stereocenters. The standard InChI is InChI=1S/C21H18BrNO5/c1-23(21(24)13-5-7-16(25-2)17(9-13)26-3)20-14-10-19-18(27-11-28-19)8-12(14)4-6-15(20)22/h4-10H,11H2,1-3H3. The Balaban J connectivity index is 1.79. The number of carbonyl (C=O) groups excluding carboxylic acids is 1. The minimum absolute atomic E-state index is 0.174. The molecule has 0 spiro atoms. The molecule has 3 aromatic carbocycles. The van der Waals surface area contributed by atoms with Crippen molar-refractivity contribution in [1.82, 2.24) is 0 Å². The highest BCUT2D eigenvalue weighted by atomic mass is 79.9. The van der Waals surface area contributed by atoms with E-state index in [9.17, 15) is 4.79 Å². The largest absolute Gasteiger partial charge is 0.493 e. The van der Waals surface area contributed by atoms with Crippen molar-refractivity contribution in [3.05, 3.63) is 52.5 Å². The van der Waals surface area contributed by atoms with Gasteiger partial charge in [-0.1, -0.05) is 6.07 Å². The van der Waals surface area contributed by atoms with Crippen LogP contribution >= 0.6 is 15.9 Å². The van der Waals surface area contributed by atoms with Crippen molar-refractivity contribution in [2.24, 2.45) is 0 Å². The molecule has 1 amide bonds. The Morgan fingerprint density at radius 1 is 1.00 bits per heavy atom. The van der Waals surface area contributed by atoms with Crippen molar-refractivity contribution in [1.29, 1.82) is 0 Å². The minimum atomic E-state index is -0.174. The summed E-state index contributed by atoms with van der Waals surface area (Å²) >= 11 is 3.58. The molecule has 144 valence electrons. The van der Waals surface area contributed by atoms with E-state index in [2.05, 4.69) is 15.9 Å². The Kier molecular flexibility index (Phi) is 4.77. The number of anilines is 1. The van der Waals surface area contributed by atoms with Gasteiger partial charge in [-0.15, -0.1) is 0 Å². The normalized spacial score (nSPS) is 12.1. The molecule has 0 bridgehead atoms. The van der Waals surface area contributed by atoms with Gasteiger partial charge < -0.3 is 23.8 Å². The molecule has 0 N–H and O–H groups in total. The summed E-state index contributed by atoms with van der Waals surface area (Å²) in [6.07, 6.45) is 0. The lowest BCUT2D eigenvalue weighted by Crippen LogP contribution is -2.26. The van der Waals surface area contributed by atoms with Crippen LogP contribution < -0.4 is 23.8 Å². The first-order valence-electron chi connectivity index (χ1n) is 8.55. The van der Waals surface area contributed by atoms with Crippen LogP contribution in [0, 0.1) is 0 Å². The molecule has 0 aliphatic carbocycles. The highest BCUT2D eigenvalue weighted by molar-refractivity contribution is 9.10. The van der Waals surface area contributed by atoms with E-state index in [-0.39, 0.29) is 12.7 Å². The second-order valence-corrected chi connectivity index (χ2v) is 7.11. The van der Waals surface area contributed by atoms with Crippen molar-refractivity contribution >= 4 is 38.3 Å². The van der Waals surface area contributed by atoms with Gasteiger partial charge in [0.2, 0.25) is 6.79 Å². The number of rotatable bonds is 4. The van der Waals surface area contributed by atoms with E-state index in [1.807, 2.05) is 24.3 Å². The number of nitrogens with zero attached hydrogens (tertiary/aromatic N) is 1. The molecule has 3 aromatic rings. The topological polar surface area (TPSA) is 57.2 Å². The Labute approximate surface area is 170 Å². The molecule has 28 heavy (non-hydrogen) atoms. The number of fused-ring (bicyclic) bond motifs is 2. The zero-order valence-corrected chi connectivity index (χ0v) is 17.2. The Hall–Kier alpha value is -2.93. The Morgan fingerprint density at radius 3 is 2.43 bits per heavy atom. The molecule has 0 fully saturated rings. The summed E-state index contributed by atoms with van der Waals surface area (Å²) in [6.45, 7) is 0.197.